The molecule has 0 amide bonds. The summed E-state index contributed by atoms with van der Waals surface area (Å²) in [5.41, 5.74) is 3.55. The van der Waals surface area contributed by atoms with Crippen molar-refractivity contribution in [1.82, 2.24) is 0 Å². The number of aliphatic hydroxyl groups is 1. The molecular weight excluding hydrogens is 383 g/mol. The van der Waals surface area contributed by atoms with Crippen molar-refractivity contribution in [1.29, 1.82) is 0 Å². The first-order valence-electron chi connectivity index (χ1n) is 8.27. The Bertz CT molecular complexity index is 975. The molecule has 4 nitrogen and oxygen atoms in total. The van der Waals surface area contributed by atoms with E-state index in [1.165, 1.54) is 0 Å². The number of anilines is 2. The normalized spacial score (nSPS) is 11.5. The van der Waals surface area contributed by atoms with Crippen LogP contribution in [0.5, 0.6) is 5.75 Å². The molecule has 0 atom stereocenters. The summed E-state index contributed by atoms with van der Waals surface area (Å²) in [6.45, 7) is 1.61. The van der Waals surface area contributed by atoms with E-state index in [1.807, 2.05) is 37.3 Å². The molecule has 3 aromatic carbocycles. The van der Waals surface area contributed by atoms with Crippen molar-refractivity contribution in [2.45, 2.75) is 6.92 Å². The molecule has 0 radical (unpaired) electrons. The van der Waals surface area contributed by atoms with Crippen LogP contribution in [0.2, 0.25) is 10.0 Å². The Balaban J connectivity index is 2.08. The molecule has 0 heterocycles. The number of para-hydroxylation sites is 1. The predicted octanol–water partition coefficient (Wildman–Crippen LogP) is 5.93. The Hall–Kier alpha value is -2.53. The summed E-state index contributed by atoms with van der Waals surface area (Å²) in [6.07, 6.45) is 0. The fourth-order valence-electron chi connectivity index (χ4n) is 2.76. The van der Waals surface area contributed by atoms with Gasteiger partial charge in [0.25, 0.3) is 0 Å². The van der Waals surface area contributed by atoms with E-state index in [2.05, 4.69) is 4.99 Å². The van der Waals surface area contributed by atoms with E-state index < -0.39 is 0 Å². The minimum absolute atomic E-state index is 0.114. The zero-order valence-electron chi connectivity index (χ0n) is 14.6. The number of nitrogens with zero attached hydrogens (tertiary/aromatic N) is 2. The summed E-state index contributed by atoms with van der Waals surface area (Å²) >= 11 is 12.0. The monoisotopic (exact) mass is 400 g/mol. The van der Waals surface area contributed by atoms with Crippen molar-refractivity contribution >= 4 is 46.0 Å². The molecule has 0 saturated carbocycles. The third-order valence-corrected chi connectivity index (χ3v) is 4.81. The van der Waals surface area contributed by atoms with Crippen LogP contribution in [0.15, 0.2) is 71.7 Å². The number of phenols is 1. The Morgan fingerprint density at radius 2 is 1.70 bits per heavy atom. The fourth-order valence-corrected chi connectivity index (χ4v) is 3.05. The first-order chi connectivity index (χ1) is 13.0. The molecule has 138 valence electrons. The van der Waals surface area contributed by atoms with E-state index in [9.17, 15) is 10.2 Å². The highest BCUT2D eigenvalue weighted by Gasteiger charge is 2.15. The van der Waals surface area contributed by atoms with Crippen LogP contribution in [0.4, 0.5) is 17.1 Å². The van der Waals surface area contributed by atoms with Crippen molar-refractivity contribution in [2.75, 3.05) is 11.6 Å². The number of benzene rings is 3. The molecule has 0 aliphatic rings. The SMILES string of the molecule is CC(=Nc1ccc(Cl)c(Cl)c1)c1cc(O)ccc1N(CO)c1ccccc1. The second-order valence-corrected chi connectivity index (χ2v) is 6.72. The van der Waals surface area contributed by atoms with Crippen molar-refractivity contribution in [3.63, 3.8) is 0 Å². The van der Waals surface area contributed by atoms with Crippen LogP contribution in [0.3, 0.4) is 0 Å². The summed E-state index contributed by atoms with van der Waals surface area (Å²) in [5.74, 6) is 0.114. The van der Waals surface area contributed by atoms with Crippen molar-refractivity contribution < 1.29 is 10.2 Å². The quantitative estimate of drug-likeness (QED) is 0.412. The lowest BCUT2D eigenvalue weighted by molar-refractivity contribution is 0.304. The number of hydrogen-bond donors (Lipinski definition) is 2. The highest BCUT2D eigenvalue weighted by atomic mass is 35.5. The minimum atomic E-state index is -0.220. The van der Waals surface area contributed by atoms with Gasteiger partial charge in [-0.2, -0.15) is 0 Å². The molecule has 0 aliphatic heterocycles. The maximum Gasteiger partial charge on any atom is 0.120 e. The molecule has 0 bridgehead atoms. The second kappa shape index (κ2) is 8.44. The van der Waals surface area contributed by atoms with Crippen LogP contribution in [-0.4, -0.2) is 22.7 Å². The smallest absolute Gasteiger partial charge is 0.120 e. The summed E-state index contributed by atoms with van der Waals surface area (Å²) in [5, 5.41) is 20.8. The molecule has 2 N–H and O–H groups in total. The number of hydrogen-bond acceptors (Lipinski definition) is 4. The van der Waals surface area contributed by atoms with E-state index in [0.717, 1.165) is 11.4 Å². The third kappa shape index (κ3) is 4.42. The number of aliphatic imine (C=N–C) groups is 1. The Labute approximate surface area is 167 Å². The van der Waals surface area contributed by atoms with Crippen LogP contribution in [0, 0.1) is 0 Å². The third-order valence-electron chi connectivity index (χ3n) is 4.07. The lowest BCUT2D eigenvalue weighted by Crippen LogP contribution is -2.20. The van der Waals surface area contributed by atoms with E-state index in [-0.39, 0.29) is 12.5 Å². The summed E-state index contributed by atoms with van der Waals surface area (Å²) in [4.78, 5) is 6.34. The lowest BCUT2D eigenvalue weighted by Gasteiger charge is -2.25. The van der Waals surface area contributed by atoms with Gasteiger partial charge in [-0.25, -0.2) is 0 Å². The maximum atomic E-state index is 9.98. The average Bonchev–Trinajstić information content (AvgIpc) is 2.67. The van der Waals surface area contributed by atoms with Gasteiger partial charge in [0.1, 0.15) is 12.5 Å². The van der Waals surface area contributed by atoms with Crippen molar-refractivity contribution in [3.8, 4) is 5.75 Å². The summed E-state index contributed by atoms with van der Waals surface area (Å²) in [7, 11) is 0. The van der Waals surface area contributed by atoms with Gasteiger partial charge in [0.05, 0.1) is 21.4 Å². The molecular formula is C21H18Cl2N2O2. The maximum absolute atomic E-state index is 9.98. The zero-order valence-corrected chi connectivity index (χ0v) is 16.1. The van der Waals surface area contributed by atoms with Crippen LogP contribution in [-0.2, 0) is 0 Å². The molecule has 0 aliphatic carbocycles. The molecule has 27 heavy (non-hydrogen) atoms. The number of aromatic hydroxyl groups is 1. The number of aliphatic hydroxyl groups excluding tert-OH is 1. The van der Waals surface area contributed by atoms with Crippen LogP contribution in [0.25, 0.3) is 0 Å². The molecule has 6 heteroatoms. The molecule has 0 saturated heterocycles. The largest absolute Gasteiger partial charge is 0.508 e. The first-order valence-corrected chi connectivity index (χ1v) is 9.02. The van der Waals surface area contributed by atoms with Gasteiger partial charge in [-0.05, 0) is 55.5 Å². The van der Waals surface area contributed by atoms with Gasteiger partial charge in [-0.15, -0.1) is 0 Å². The Morgan fingerprint density at radius 1 is 0.963 bits per heavy atom. The number of rotatable bonds is 5. The Morgan fingerprint density at radius 3 is 2.37 bits per heavy atom. The molecule has 0 fully saturated rings. The molecule has 3 aromatic rings. The molecule has 0 spiro atoms. The topological polar surface area (TPSA) is 56.1 Å². The highest BCUT2D eigenvalue weighted by Crippen LogP contribution is 2.32. The van der Waals surface area contributed by atoms with Gasteiger partial charge in [-0.1, -0.05) is 41.4 Å². The predicted molar refractivity (Wildman–Crippen MR) is 112 cm³/mol. The number of phenolic OH excluding ortho intramolecular Hbond substituents is 1. The van der Waals surface area contributed by atoms with Gasteiger partial charge in [0, 0.05) is 17.0 Å². The fraction of sp³-hybridized carbons (Fsp3) is 0.0952. The average molecular weight is 401 g/mol. The van der Waals surface area contributed by atoms with E-state index in [1.54, 1.807) is 41.3 Å². The standard InChI is InChI=1S/C21H18Cl2N2O2/c1-14(24-15-7-9-19(22)20(23)11-15)18-12-17(27)8-10-21(18)25(13-26)16-5-3-2-4-6-16/h2-12,26-27H,13H2,1H3. The second-order valence-electron chi connectivity index (χ2n) is 5.90. The summed E-state index contributed by atoms with van der Waals surface area (Å²) < 4.78 is 0. The van der Waals surface area contributed by atoms with Gasteiger partial charge >= 0.3 is 0 Å². The summed E-state index contributed by atoms with van der Waals surface area (Å²) in [6, 6.07) is 19.6. The van der Waals surface area contributed by atoms with Crippen molar-refractivity contribution in [3.05, 3.63) is 82.3 Å². The van der Waals surface area contributed by atoms with Gasteiger partial charge in [-0.3, -0.25) is 4.99 Å². The van der Waals surface area contributed by atoms with Gasteiger partial charge < -0.3 is 15.1 Å². The van der Waals surface area contributed by atoms with Crippen LogP contribution >= 0.6 is 23.2 Å². The van der Waals surface area contributed by atoms with Gasteiger partial charge in [0.15, 0.2) is 0 Å². The number of halogens is 2. The van der Waals surface area contributed by atoms with Crippen LogP contribution in [0.1, 0.15) is 12.5 Å². The highest BCUT2D eigenvalue weighted by molar-refractivity contribution is 6.42. The minimum Gasteiger partial charge on any atom is -0.508 e. The lowest BCUT2D eigenvalue weighted by atomic mass is 10.1. The Kier molecular flexibility index (Phi) is 6.01. The van der Waals surface area contributed by atoms with Crippen molar-refractivity contribution in [2.24, 2.45) is 4.99 Å². The molecule has 3 rings (SSSR count). The first kappa shape index (κ1) is 19.2. The van der Waals surface area contributed by atoms with E-state index in [4.69, 9.17) is 23.2 Å². The van der Waals surface area contributed by atoms with Gasteiger partial charge in [0.2, 0.25) is 0 Å². The van der Waals surface area contributed by atoms with E-state index >= 15 is 0 Å². The molecule has 0 aromatic heterocycles. The zero-order chi connectivity index (χ0) is 19.4. The van der Waals surface area contributed by atoms with E-state index in [0.29, 0.717) is 27.0 Å². The molecule has 0 unspecified atom stereocenters. The van der Waals surface area contributed by atoms with Crippen LogP contribution < -0.4 is 4.90 Å².